The summed E-state index contributed by atoms with van der Waals surface area (Å²) in [7, 11) is 4.54. The fourth-order valence-corrected chi connectivity index (χ4v) is 4.98. The normalized spacial score (nSPS) is 24.7. The van der Waals surface area contributed by atoms with Crippen LogP contribution in [0.4, 0.5) is 17.6 Å². The van der Waals surface area contributed by atoms with Gasteiger partial charge in [0.2, 0.25) is 0 Å². The molecule has 3 atom stereocenters. The van der Waals surface area contributed by atoms with Crippen LogP contribution in [0, 0.1) is 29.2 Å². The molecule has 2 saturated heterocycles. The lowest BCUT2D eigenvalue weighted by Crippen LogP contribution is -3.00. The minimum absolute atomic E-state index is 0. The lowest BCUT2D eigenvalue weighted by molar-refractivity contribution is -0.931. The Kier molecular flexibility index (Phi) is 6.25. The summed E-state index contributed by atoms with van der Waals surface area (Å²) in [5.74, 6) is -3.49. The van der Waals surface area contributed by atoms with E-state index in [1.165, 1.54) is 25.0 Å². The van der Waals surface area contributed by atoms with Crippen molar-refractivity contribution in [2.75, 3.05) is 14.1 Å². The van der Waals surface area contributed by atoms with Crippen molar-refractivity contribution in [2.24, 2.45) is 5.92 Å². The maximum Gasteiger partial charge on any atom is 0.159 e. The van der Waals surface area contributed by atoms with Gasteiger partial charge in [0.05, 0.1) is 26.2 Å². The molecule has 1 nitrogen and oxygen atoms in total. The molecule has 2 bridgehead atoms. The van der Waals surface area contributed by atoms with Crippen LogP contribution >= 0.6 is 0 Å². The highest BCUT2D eigenvalue weighted by Gasteiger charge is 2.48. The molecular weight excluding hydrogens is 446 g/mol. The quantitative estimate of drug-likeness (QED) is 0.478. The largest absolute Gasteiger partial charge is 1.00 e. The van der Waals surface area contributed by atoms with E-state index in [-0.39, 0.29) is 22.9 Å². The van der Waals surface area contributed by atoms with Gasteiger partial charge in [0.1, 0.15) is 0 Å². The predicted octanol–water partition coefficient (Wildman–Crippen LogP) is 2.70. The number of hydrogen-bond donors (Lipinski definition) is 0. The highest BCUT2D eigenvalue weighted by molar-refractivity contribution is 5.80. The molecule has 156 valence electrons. The molecule has 0 radical (unpaired) electrons. The zero-order chi connectivity index (χ0) is 20.1. The number of benzene rings is 2. The van der Waals surface area contributed by atoms with E-state index in [1.54, 1.807) is 0 Å². The van der Waals surface area contributed by atoms with Gasteiger partial charge >= 0.3 is 0 Å². The number of nitrogens with zero attached hydrogens (tertiary/aromatic N) is 1. The van der Waals surface area contributed by atoms with Crippen molar-refractivity contribution in [2.45, 2.75) is 37.8 Å². The third-order valence-corrected chi connectivity index (χ3v) is 6.73. The molecule has 29 heavy (non-hydrogen) atoms. The lowest BCUT2D eigenvalue weighted by Gasteiger charge is -2.44. The number of allylic oxidation sites excluding steroid dienone is 1. The zero-order valence-corrected chi connectivity index (χ0v) is 18.0. The Hall–Kier alpha value is -1.66. The summed E-state index contributed by atoms with van der Waals surface area (Å²) in [5, 5.41) is 0. The molecule has 2 aromatic carbocycles. The Morgan fingerprint density at radius 1 is 0.793 bits per heavy atom. The fraction of sp³-hybridized carbons (Fsp3) is 0.391. The van der Waals surface area contributed by atoms with Crippen molar-refractivity contribution in [3.05, 3.63) is 76.9 Å². The van der Waals surface area contributed by atoms with E-state index in [2.05, 4.69) is 14.1 Å². The molecule has 0 saturated carbocycles. The summed E-state index contributed by atoms with van der Waals surface area (Å²) in [6.07, 6.45) is 6.42. The molecule has 0 aromatic heterocycles. The second-order valence-corrected chi connectivity index (χ2v) is 8.58. The first-order chi connectivity index (χ1) is 13.3. The summed E-state index contributed by atoms with van der Waals surface area (Å²) in [6.45, 7) is 0. The van der Waals surface area contributed by atoms with Gasteiger partial charge in [-0.1, -0.05) is 18.2 Å². The first-order valence-corrected chi connectivity index (χ1v) is 9.71. The van der Waals surface area contributed by atoms with E-state index in [9.17, 15) is 17.6 Å². The molecule has 1 unspecified atom stereocenters. The van der Waals surface area contributed by atoms with E-state index in [0.29, 0.717) is 28.8 Å². The maximum absolute atomic E-state index is 13.9. The molecule has 0 amide bonds. The van der Waals surface area contributed by atoms with Gasteiger partial charge in [0.25, 0.3) is 0 Å². The van der Waals surface area contributed by atoms with Gasteiger partial charge in [-0.3, -0.25) is 0 Å². The molecule has 2 aliphatic rings. The van der Waals surface area contributed by atoms with E-state index in [1.807, 2.05) is 6.08 Å². The van der Waals surface area contributed by atoms with E-state index in [4.69, 9.17) is 0 Å². The molecule has 2 aliphatic heterocycles. The highest BCUT2D eigenvalue weighted by Crippen LogP contribution is 2.43. The molecule has 6 heteroatoms. The van der Waals surface area contributed by atoms with Gasteiger partial charge in [0.15, 0.2) is 23.3 Å². The Morgan fingerprint density at radius 3 is 1.66 bits per heavy atom. The van der Waals surface area contributed by atoms with E-state index >= 15 is 0 Å². The Balaban J connectivity index is 0.00000240. The SMILES string of the molecule is C[N+]1(C)[C@@H]2CC[C@H]1CC(C=C(c1ccc(F)c(F)c1)c1ccc(F)c(F)c1)C2.[Br-]. The molecule has 0 spiro atoms. The maximum atomic E-state index is 13.9. The summed E-state index contributed by atoms with van der Waals surface area (Å²) < 4.78 is 55.6. The smallest absolute Gasteiger partial charge is 0.159 e. The molecule has 0 N–H and O–H groups in total. The summed E-state index contributed by atoms with van der Waals surface area (Å²) in [5.41, 5.74) is 1.56. The number of fused-ring (bicyclic) bond motifs is 2. The van der Waals surface area contributed by atoms with Gasteiger partial charge in [-0.15, -0.1) is 0 Å². The summed E-state index contributed by atoms with van der Waals surface area (Å²) in [6, 6.07) is 8.50. The first-order valence-electron chi connectivity index (χ1n) is 9.71. The van der Waals surface area contributed by atoms with Gasteiger partial charge in [-0.25, -0.2) is 17.6 Å². The predicted molar refractivity (Wildman–Crippen MR) is 101 cm³/mol. The van der Waals surface area contributed by atoms with Crippen LogP contribution in [-0.4, -0.2) is 30.7 Å². The van der Waals surface area contributed by atoms with Gasteiger partial charge in [-0.05, 0) is 46.9 Å². The van der Waals surface area contributed by atoms with Crippen molar-refractivity contribution in [3.63, 3.8) is 0 Å². The molecule has 2 aromatic rings. The topological polar surface area (TPSA) is 0 Å². The second kappa shape index (κ2) is 8.23. The molecule has 2 fully saturated rings. The van der Waals surface area contributed by atoms with Crippen molar-refractivity contribution in [1.82, 2.24) is 0 Å². The number of hydrogen-bond acceptors (Lipinski definition) is 0. The average Bonchev–Trinajstić information content (AvgIpc) is 2.82. The van der Waals surface area contributed by atoms with Crippen LogP contribution in [0.1, 0.15) is 36.8 Å². The van der Waals surface area contributed by atoms with Gasteiger partial charge in [0, 0.05) is 25.7 Å². The van der Waals surface area contributed by atoms with Crippen LogP contribution < -0.4 is 17.0 Å². The van der Waals surface area contributed by atoms with Gasteiger partial charge in [-0.2, -0.15) is 0 Å². The third-order valence-electron chi connectivity index (χ3n) is 6.73. The summed E-state index contributed by atoms with van der Waals surface area (Å²) in [4.78, 5) is 0. The van der Waals surface area contributed by atoms with Crippen LogP contribution in [-0.2, 0) is 0 Å². The van der Waals surface area contributed by atoms with E-state index in [0.717, 1.165) is 41.6 Å². The van der Waals surface area contributed by atoms with Crippen LogP contribution in [0.3, 0.4) is 0 Å². The van der Waals surface area contributed by atoms with Crippen LogP contribution in [0.5, 0.6) is 0 Å². The Bertz CT molecular complexity index is 871. The minimum atomic E-state index is -0.951. The van der Waals surface area contributed by atoms with Crippen molar-refractivity contribution < 1.29 is 39.0 Å². The molecular formula is C23H24BrF4N. The third kappa shape index (κ3) is 4.15. The molecule has 4 rings (SSSR count). The van der Waals surface area contributed by atoms with Crippen LogP contribution in [0.25, 0.3) is 5.57 Å². The number of rotatable bonds is 3. The fourth-order valence-electron chi connectivity index (χ4n) is 4.98. The van der Waals surface area contributed by atoms with Crippen LogP contribution in [0.15, 0.2) is 42.5 Å². The van der Waals surface area contributed by atoms with Crippen molar-refractivity contribution in [3.8, 4) is 0 Å². The number of piperidine rings is 1. The average molecular weight is 470 g/mol. The standard InChI is InChI=1S/C23H24F4N.BrH/c1-28(2)17-5-6-18(28)10-14(9-17)11-19(15-3-7-20(24)22(26)12-15)16-4-8-21(25)23(27)13-16;/h3-4,7-8,11-14,17-18H,5-6,9-10H2,1-2H3;1H/q+1;/p-1/t14?,17-,18+;. The van der Waals surface area contributed by atoms with Crippen LogP contribution in [0.2, 0.25) is 0 Å². The minimum Gasteiger partial charge on any atom is -1.00 e. The monoisotopic (exact) mass is 469 g/mol. The van der Waals surface area contributed by atoms with Gasteiger partial charge < -0.3 is 21.5 Å². The highest BCUT2D eigenvalue weighted by atomic mass is 79.9. The second-order valence-electron chi connectivity index (χ2n) is 8.58. The lowest BCUT2D eigenvalue weighted by atomic mass is 9.85. The number of halogens is 5. The molecule has 2 heterocycles. The van der Waals surface area contributed by atoms with Crippen molar-refractivity contribution >= 4 is 5.57 Å². The van der Waals surface area contributed by atoms with E-state index < -0.39 is 23.3 Å². The first kappa shape index (κ1) is 22.0. The Labute approximate surface area is 179 Å². The summed E-state index contributed by atoms with van der Waals surface area (Å²) >= 11 is 0. The number of quaternary nitrogens is 1. The molecule has 0 aliphatic carbocycles. The Morgan fingerprint density at radius 2 is 1.24 bits per heavy atom. The zero-order valence-electron chi connectivity index (χ0n) is 16.4. The van der Waals surface area contributed by atoms with Crippen molar-refractivity contribution in [1.29, 1.82) is 0 Å².